The number of carbonyl (C=O) groups excluding carboxylic acids is 1. The zero-order valence-electron chi connectivity index (χ0n) is 24.1. The third kappa shape index (κ3) is 6.64. The number of nitrogens with zero attached hydrogens (tertiary/aromatic N) is 3. The van der Waals surface area contributed by atoms with Crippen molar-refractivity contribution >= 4 is 34.1 Å². The number of anilines is 3. The van der Waals surface area contributed by atoms with Gasteiger partial charge in [0.2, 0.25) is 5.95 Å². The molecule has 1 amide bonds. The van der Waals surface area contributed by atoms with Crippen LogP contribution in [-0.4, -0.2) is 36.0 Å². The van der Waals surface area contributed by atoms with Crippen LogP contribution in [0.5, 0.6) is 5.75 Å². The van der Waals surface area contributed by atoms with E-state index < -0.39 is 0 Å². The molecule has 0 aliphatic heterocycles. The quantitative estimate of drug-likeness (QED) is 0.202. The second-order valence-corrected chi connectivity index (χ2v) is 10.6. The van der Waals surface area contributed by atoms with Crippen LogP contribution in [0.4, 0.5) is 17.3 Å². The molecule has 0 aliphatic rings. The SMILES string of the molecule is Cc1ccc(C(=O)Nc2cccc(N(C)C)c2)cc1-c1cc2cnc(NC(C)C)nc2cc1OCc1ccccc1. The number of amides is 1. The Hall–Kier alpha value is -4.91. The highest BCUT2D eigenvalue weighted by Crippen LogP contribution is 2.37. The Morgan fingerprint density at radius 3 is 2.49 bits per heavy atom. The van der Waals surface area contributed by atoms with Gasteiger partial charge in [0.05, 0.1) is 5.52 Å². The molecule has 5 aromatic rings. The molecule has 0 saturated heterocycles. The Kier molecular flexibility index (Phi) is 8.15. The van der Waals surface area contributed by atoms with Crippen molar-refractivity contribution in [3.63, 3.8) is 0 Å². The first-order chi connectivity index (χ1) is 19.8. The third-order valence-corrected chi connectivity index (χ3v) is 6.75. The minimum absolute atomic E-state index is 0.178. The highest BCUT2D eigenvalue weighted by molar-refractivity contribution is 6.05. The van der Waals surface area contributed by atoms with E-state index in [1.54, 1.807) is 0 Å². The van der Waals surface area contributed by atoms with Crippen LogP contribution in [-0.2, 0) is 6.61 Å². The molecular formula is C34H35N5O2. The van der Waals surface area contributed by atoms with Gasteiger partial charge in [-0.2, -0.15) is 0 Å². The van der Waals surface area contributed by atoms with E-state index >= 15 is 0 Å². The summed E-state index contributed by atoms with van der Waals surface area (Å²) in [5, 5.41) is 7.19. The zero-order chi connectivity index (χ0) is 28.9. The summed E-state index contributed by atoms with van der Waals surface area (Å²) >= 11 is 0. The Bertz CT molecular complexity index is 1680. The van der Waals surface area contributed by atoms with Gasteiger partial charge in [0.25, 0.3) is 5.91 Å². The predicted molar refractivity (Wildman–Crippen MR) is 168 cm³/mol. The lowest BCUT2D eigenvalue weighted by Crippen LogP contribution is -2.13. The monoisotopic (exact) mass is 545 g/mol. The lowest BCUT2D eigenvalue weighted by molar-refractivity contribution is 0.102. The Morgan fingerprint density at radius 1 is 0.927 bits per heavy atom. The predicted octanol–water partition coefficient (Wildman–Crippen LogP) is 7.32. The summed E-state index contributed by atoms with van der Waals surface area (Å²) in [5.41, 5.74) is 6.97. The van der Waals surface area contributed by atoms with Crippen molar-refractivity contribution in [2.45, 2.75) is 33.4 Å². The van der Waals surface area contributed by atoms with Crippen LogP contribution in [0.1, 0.15) is 35.3 Å². The Labute approximate surface area is 241 Å². The number of hydrogen-bond acceptors (Lipinski definition) is 6. The Balaban J connectivity index is 1.53. The van der Waals surface area contributed by atoms with Gasteiger partial charge >= 0.3 is 0 Å². The number of ether oxygens (including phenoxy) is 1. The highest BCUT2D eigenvalue weighted by Gasteiger charge is 2.16. The van der Waals surface area contributed by atoms with Gasteiger partial charge in [-0.15, -0.1) is 0 Å². The van der Waals surface area contributed by atoms with Gasteiger partial charge in [-0.25, -0.2) is 9.97 Å². The van der Waals surface area contributed by atoms with Crippen LogP contribution in [0.2, 0.25) is 0 Å². The van der Waals surface area contributed by atoms with Crippen LogP contribution in [0, 0.1) is 6.92 Å². The average molecular weight is 546 g/mol. The number of nitrogens with one attached hydrogen (secondary N) is 2. The maximum Gasteiger partial charge on any atom is 0.255 e. The molecule has 0 atom stereocenters. The first-order valence-corrected chi connectivity index (χ1v) is 13.7. The normalized spacial score (nSPS) is 11.0. The lowest BCUT2D eigenvalue weighted by Gasteiger charge is -2.17. The standard InChI is InChI=1S/C34H35N5O2/c1-22(2)36-34-35-20-26-17-30(32(19-31(26)38-34)41-21-24-10-7-6-8-11-24)29-16-25(15-14-23(29)3)33(40)37-27-12-9-13-28(18-27)39(4)5/h6-20,22H,21H2,1-5H3,(H,37,40)(H,35,36,38). The molecule has 208 valence electrons. The number of fused-ring (bicyclic) bond motifs is 1. The fourth-order valence-corrected chi connectivity index (χ4v) is 4.57. The second kappa shape index (κ2) is 12.1. The molecule has 5 rings (SSSR count). The number of hydrogen-bond donors (Lipinski definition) is 2. The molecule has 7 heteroatoms. The van der Waals surface area contributed by atoms with Gasteiger partial charge in [-0.1, -0.05) is 42.5 Å². The zero-order valence-corrected chi connectivity index (χ0v) is 24.1. The molecule has 4 aromatic carbocycles. The summed E-state index contributed by atoms with van der Waals surface area (Å²) in [4.78, 5) is 24.6. The van der Waals surface area contributed by atoms with Crippen molar-refractivity contribution in [3.05, 3.63) is 108 Å². The first-order valence-electron chi connectivity index (χ1n) is 13.7. The van der Waals surface area contributed by atoms with Gasteiger partial charge in [0, 0.05) is 60.3 Å². The fourth-order valence-electron chi connectivity index (χ4n) is 4.57. The summed E-state index contributed by atoms with van der Waals surface area (Å²) in [5.74, 6) is 1.08. The van der Waals surface area contributed by atoms with Crippen molar-refractivity contribution in [3.8, 4) is 16.9 Å². The van der Waals surface area contributed by atoms with Gasteiger partial charge < -0.3 is 20.3 Å². The number of aryl methyl sites for hydroxylation is 1. The molecule has 41 heavy (non-hydrogen) atoms. The van der Waals surface area contributed by atoms with E-state index in [0.29, 0.717) is 23.9 Å². The Morgan fingerprint density at radius 2 is 1.73 bits per heavy atom. The largest absolute Gasteiger partial charge is 0.488 e. The second-order valence-electron chi connectivity index (χ2n) is 10.6. The lowest BCUT2D eigenvalue weighted by atomic mass is 9.96. The maximum atomic E-state index is 13.3. The fraction of sp³-hybridized carbons (Fsp3) is 0.206. The first kappa shape index (κ1) is 27.6. The van der Waals surface area contributed by atoms with Crippen LogP contribution in [0.3, 0.4) is 0 Å². The van der Waals surface area contributed by atoms with Crippen molar-refractivity contribution in [1.82, 2.24) is 9.97 Å². The number of rotatable bonds is 9. The molecule has 0 spiro atoms. The van der Waals surface area contributed by atoms with Gasteiger partial charge in [-0.05, 0) is 73.9 Å². The van der Waals surface area contributed by atoms with Gasteiger partial charge in [0.15, 0.2) is 0 Å². The highest BCUT2D eigenvalue weighted by atomic mass is 16.5. The van der Waals surface area contributed by atoms with E-state index in [-0.39, 0.29) is 11.9 Å². The maximum absolute atomic E-state index is 13.3. The minimum atomic E-state index is -0.178. The molecular weight excluding hydrogens is 510 g/mol. The summed E-state index contributed by atoms with van der Waals surface area (Å²) in [6.07, 6.45) is 1.82. The van der Waals surface area contributed by atoms with E-state index in [1.807, 2.05) is 117 Å². The van der Waals surface area contributed by atoms with Gasteiger partial charge in [0.1, 0.15) is 12.4 Å². The van der Waals surface area contributed by atoms with Crippen LogP contribution < -0.4 is 20.3 Å². The molecule has 0 saturated carbocycles. The van der Waals surface area contributed by atoms with Crippen molar-refractivity contribution in [2.24, 2.45) is 0 Å². The van der Waals surface area contributed by atoms with Crippen LogP contribution in [0.25, 0.3) is 22.0 Å². The molecule has 0 radical (unpaired) electrons. The molecule has 2 N–H and O–H groups in total. The average Bonchev–Trinajstić information content (AvgIpc) is 2.96. The smallest absolute Gasteiger partial charge is 0.255 e. The van der Waals surface area contributed by atoms with E-state index in [0.717, 1.165) is 44.5 Å². The van der Waals surface area contributed by atoms with E-state index in [9.17, 15) is 4.79 Å². The summed E-state index contributed by atoms with van der Waals surface area (Å²) < 4.78 is 6.41. The summed E-state index contributed by atoms with van der Waals surface area (Å²) in [7, 11) is 3.95. The number of benzene rings is 4. The minimum Gasteiger partial charge on any atom is -0.488 e. The molecule has 0 fully saturated rings. The van der Waals surface area contributed by atoms with Crippen LogP contribution in [0.15, 0.2) is 91.1 Å². The number of carbonyl (C=O) groups is 1. The third-order valence-electron chi connectivity index (χ3n) is 6.75. The molecule has 0 unspecified atom stereocenters. The molecule has 0 bridgehead atoms. The number of aromatic nitrogens is 2. The van der Waals surface area contributed by atoms with E-state index in [1.165, 1.54) is 0 Å². The molecule has 1 heterocycles. The van der Waals surface area contributed by atoms with Crippen molar-refractivity contribution in [2.75, 3.05) is 29.6 Å². The van der Waals surface area contributed by atoms with Crippen molar-refractivity contribution in [1.29, 1.82) is 0 Å². The van der Waals surface area contributed by atoms with Crippen LogP contribution >= 0.6 is 0 Å². The summed E-state index contributed by atoms with van der Waals surface area (Å²) in [6, 6.07) is 27.8. The molecule has 0 aliphatic carbocycles. The van der Waals surface area contributed by atoms with E-state index in [4.69, 9.17) is 9.72 Å². The summed E-state index contributed by atoms with van der Waals surface area (Å²) in [6.45, 7) is 6.55. The molecule has 1 aromatic heterocycles. The van der Waals surface area contributed by atoms with E-state index in [2.05, 4.69) is 29.5 Å². The topological polar surface area (TPSA) is 79.4 Å². The van der Waals surface area contributed by atoms with Gasteiger partial charge in [-0.3, -0.25) is 4.79 Å². The molecule has 7 nitrogen and oxygen atoms in total. The van der Waals surface area contributed by atoms with Crippen molar-refractivity contribution < 1.29 is 9.53 Å².